The summed E-state index contributed by atoms with van der Waals surface area (Å²) in [6.45, 7) is 6.45. The number of aliphatic hydroxyl groups excluding tert-OH is 1. The predicted molar refractivity (Wildman–Crippen MR) is 53.7 cm³/mol. The molecule has 80 valence electrons. The first-order valence-corrected chi connectivity index (χ1v) is 4.32. The summed E-state index contributed by atoms with van der Waals surface area (Å²) in [4.78, 5) is 11.3. The topological polar surface area (TPSA) is 58.6 Å². The molecule has 0 aliphatic carbocycles. The Morgan fingerprint density at radius 1 is 1.50 bits per heavy atom. The van der Waals surface area contributed by atoms with Gasteiger partial charge in [-0.3, -0.25) is 0 Å². The van der Waals surface area contributed by atoms with Gasteiger partial charge in [0.15, 0.2) is 0 Å². The van der Waals surface area contributed by atoms with Crippen LogP contribution in [0.15, 0.2) is 0 Å². The van der Waals surface area contributed by atoms with Crippen LogP contribution in [0.25, 0.3) is 0 Å². The summed E-state index contributed by atoms with van der Waals surface area (Å²) in [7, 11) is 0. The van der Waals surface area contributed by atoms with E-state index in [1.54, 1.807) is 20.8 Å². The Kier molecular flexibility index (Phi) is 3.96. The van der Waals surface area contributed by atoms with Gasteiger partial charge >= 0.3 is 6.09 Å². The van der Waals surface area contributed by atoms with Crippen LogP contribution in [-0.4, -0.2) is 28.9 Å². The summed E-state index contributed by atoms with van der Waals surface area (Å²) in [6.07, 6.45) is 4.52. The van der Waals surface area contributed by atoms with Gasteiger partial charge in [-0.1, -0.05) is 5.92 Å². The van der Waals surface area contributed by atoms with Crippen LogP contribution in [0.2, 0.25) is 0 Å². The molecule has 0 saturated carbocycles. The highest BCUT2D eigenvalue weighted by Gasteiger charge is 2.25. The first-order valence-electron chi connectivity index (χ1n) is 4.32. The summed E-state index contributed by atoms with van der Waals surface area (Å²) >= 11 is 0. The van der Waals surface area contributed by atoms with Crippen molar-refractivity contribution >= 4 is 6.09 Å². The predicted octanol–water partition coefficient (Wildman–Crippen LogP) is 0.895. The van der Waals surface area contributed by atoms with Crippen LogP contribution in [0.5, 0.6) is 0 Å². The van der Waals surface area contributed by atoms with Gasteiger partial charge in [0.1, 0.15) is 11.1 Å². The molecule has 0 radical (unpaired) electrons. The molecule has 1 amide bonds. The number of ether oxygens (including phenoxy) is 1. The normalized spacial score (nSPS) is 15.1. The molecule has 0 rings (SSSR count). The fourth-order valence-electron chi connectivity index (χ4n) is 0.650. The van der Waals surface area contributed by atoms with E-state index in [4.69, 9.17) is 16.3 Å². The Labute approximate surface area is 84.6 Å². The lowest BCUT2D eigenvalue weighted by Crippen LogP contribution is -2.49. The smallest absolute Gasteiger partial charge is 0.408 e. The molecule has 4 nitrogen and oxygen atoms in total. The van der Waals surface area contributed by atoms with Crippen LogP contribution in [0.1, 0.15) is 27.7 Å². The van der Waals surface area contributed by atoms with Crippen molar-refractivity contribution in [1.29, 1.82) is 0 Å². The van der Waals surface area contributed by atoms with E-state index in [0.29, 0.717) is 0 Å². The molecule has 14 heavy (non-hydrogen) atoms. The molecule has 0 aromatic carbocycles. The molecule has 0 spiro atoms. The summed E-state index contributed by atoms with van der Waals surface area (Å²) in [5.41, 5.74) is -1.64. The van der Waals surface area contributed by atoms with E-state index in [0.717, 1.165) is 0 Å². The highest BCUT2D eigenvalue weighted by molar-refractivity contribution is 5.69. The van der Waals surface area contributed by atoms with Gasteiger partial charge in [-0.25, -0.2) is 4.79 Å². The maximum Gasteiger partial charge on any atom is 0.408 e. The zero-order valence-electron chi connectivity index (χ0n) is 9.05. The molecule has 0 heterocycles. The number of hydrogen-bond donors (Lipinski definition) is 2. The summed E-state index contributed by atoms with van der Waals surface area (Å²) in [5.74, 6) is 2.28. The fraction of sp³-hybridized carbons (Fsp3) is 0.700. The number of rotatable bonds is 2. The zero-order valence-corrected chi connectivity index (χ0v) is 9.05. The average molecular weight is 199 g/mol. The summed E-state index contributed by atoms with van der Waals surface area (Å²) in [5, 5.41) is 11.3. The Bertz CT molecular complexity index is 249. The van der Waals surface area contributed by atoms with E-state index < -0.39 is 17.2 Å². The fourth-order valence-corrected chi connectivity index (χ4v) is 0.650. The molecule has 0 aliphatic rings. The number of carbonyl (C=O) groups excluding carboxylic acids is 1. The minimum atomic E-state index is -1.07. The number of nitrogens with one attached hydrogen (secondary N) is 1. The van der Waals surface area contributed by atoms with Crippen molar-refractivity contribution in [3.8, 4) is 12.3 Å². The second-order valence-corrected chi connectivity index (χ2v) is 4.26. The Hall–Kier alpha value is -1.21. The van der Waals surface area contributed by atoms with Crippen LogP contribution in [0.3, 0.4) is 0 Å². The third kappa shape index (κ3) is 4.73. The Morgan fingerprint density at radius 3 is 2.29 bits per heavy atom. The van der Waals surface area contributed by atoms with Crippen molar-refractivity contribution in [1.82, 2.24) is 5.32 Å². The number of aliphatic hydroxyl groups is 1. The van der Waals surface area contributed by atoms with E-state index in [9.17, 15) is 4.79 Å². The van der Waals surface area contributed by atoms with Crippen molar-refractivity contribution in [2.45, 2.75) is 38.8 Å². The monoisotopic (exact) mass is 199 g/mol. The van der Waals surface area contributed by atoms with Gasteiger partial charge in [-0.2, -0.15) is 0 Å². The van der Waals surface area contributed by atoms with Gasteiger partial charge in [0, 0.05) is 0 Å². The Balaban J connectivity index is 4.27. The van der Waals surface area contributed by atoms with E-state index in [-0.39, 0.29) is 6.61 Å². The van der Waals surface area contributed by atoms with Crippen molar-refractivity contribution in [3.63, 3.8) is 0 Å². The molecule has 4 heteroatoms. The third-order valence-electron chi connectivity index (χ3n) is 1.41. The lowest BCUT2D eigenvalue weighted by Gasteiger charge is -2.26. The van der Waals surface area contributed by atoms with E-state index in [2.05, 4.69) is 11.2 Å². The molecular weight excluding hydrogens is 182 g/mol. The lowest BCUT2D eigenvalue weighted by molar-refractivity contribution is 0.0457. The molecule has 0 aromatic heterocycles. The number of amides is 1. The van der Waals surface area contributed by atoms with E-state index in [1.165, 1.54) is 6.92 Å². The standard InChI is InChI=1S/C10H17NO3/c1-6-10(5,7-12)11-8(13)14-9(2,3)4/h1,12H,7H2,2-5H3,(H,11,13)/t10-/m0/s1. The highest BCUT2D eigenvalue weighted by Crippen LogP contribution is 2.08. The number of terminal acetylenes is 1. The van der Waals surface area contributed by atoms with Crippen molar-refractivity contribution in [2.24, 2.45) is 0 Å². The van der Waals surface area contributed by atoms with E-state index in [1.807, 2.05) is 0 Å². The molecule has 0 saturated heterocycles. The second-order valence-electron chi connectivity index (χ2n) is 4.26. The van der Waals surface area contributed by atoms with Gasteiger partial charge in [0.25, 0.3) is 0 Å². The largest absolute Gasteiger partial charge is 0.444 e. The van der Waals surface area contributed by atoms with Crippen molar-refractivity contribution in [2.75, 3.05) is 6.61 Å². The number of alkyl carbamates (subject to hydrolysis) is 1. The van der Waals surface area contributed by atoms with Gasteiger partial charge in [0.05, 0.1) is 6.61 Å². The van der Waals surface area contributed by atoms with Crippen LogP contribution >= 0.6 is 0 Å². The van der Waals surface area contributed by atoms with Gasteiger partial charge in [-0.05, 0) is 27.7 Å². The second kappa shape index (κ2) is 4.34. The van der Waals surface area contributed by atoms with Gasteiger partial charge < -0.3 is 15.2 Å². The molecular formula is C10H17NO3. The third-order valence-corrected chi connectivity index (χ3v) is 1.41. The zero-order chi connectivity index (χ0) is 11.4. The van der Waals surface area contributed by atoms with Crippen LogP contribution in [0.4, 0.5) is 4.79 Å². The van der Waals surface area contributed by atoms with Crippen LogP contribution in [-0.2, 0) is 4.74 Å². The number of hydrogen-bond acceptors (Lipinski definition) is 3. The Morgan fingerprint density at radius 2 is 2.00 bits per heavy atom. The van der Waals surface area contributed by atoms with Gasteiger partial charge in [0.2, 0.25) is 0 Å². The SMILES string of the molecule is C#C[C@@](C)(CO)NC(=O)OC(C)(C)C. The quantitative estimate of drug-likeness (QED) is 0.649. The minimum absolute atomic E-state index is 0.331. The maximum atomic E-state index is 11.3. The first-order chi connectivity index (χ1) is 6.22. The summed E-state index contributed by atoms with van der Waals surface area (Å²) < 4.78 is 4.98. The average Bonchev–Trinajstić information content (AvgIpc) is 2.00. The molecule has 1 atom stereocenters. The molecule has 0 bridgehead atoms. The van der Waals surface area contributed by atoms with Gasteiger partial charge in [-0.15, -0.1) is 6.42 Å². The molecule has 0 fully saturated rings. The lowest BCUT2D eigenvalue weighted by atomic mass is 10.1. The molecule has 0 unspecified atom stereocenters. The highest BCUT2D eigenvalue weighted by atomic mass is 16.6. The minimum Gasteiger partial charge on any atom is -0.444 e. The maximum absolute atomic E-state index is 11.3. The van der Waals surface area contributed by atoms with Crippen molar-refractivity contribution in [3.05, 3.63) is 0 Å². The summed E-state index contributed by atoms with van der Waals surface area (Å²) in [6, 6.07) is 0. The molecule has 0 aromatic rings. The van der Waals surface area contributed by atoms with Crippen molar-refractivity contribution < 1.29 is 14.6 Å². The van der Waals surface area contributed by atoms with Crippen LogP contribution < -0.4 is 5.32 Å². The number of carbonyl (C=O) groups is 1. The first kappa shape index (κ1) is 12.8. The molecule has 2 N–H and O–H groups in total. The van der Waals surface area contributed by atoms with Crippen LogP contribution in [0, 0.1) is 12.3 Å². The molecule has 0 aliphatic heterocycles. The van der Waals surface area contributed by atoms with E-state index >= 15 is 0 Å².